The van der Waals surface area contributed by atoms with E-state index in [0.717, 1.165) is 6.42 Å². The van der Waals surface area contributed by atoms with Gasteiger partial charge in [0, 0.05) is 14.0 Å². The number of carbonyl (C=O) groups excluding carboxylic acids is 2. The van der Waals surface area contributed by atoms with Crippen LogP contribution in [-0.2, 0) is 9.53 Å². The molecule has 0 aromatic carbocycles. The fraction of sp³-hybridized carbons (Fsp3) is 0.800. The Kier molecular flexibility index (Phi) is 3.94. The molecule has 0 aromatic rings. The first-order valence-corrected chi connectivity index (χ1v) is 5.21. The number of methoxy groups -OCH3 is 1. The summed E-state index contributed by atoms with van der Waals surface area (Å²) in [6.07, 6.45) is 1.15. The van der Waals surface area contributed by atoms with Crippen molar-refractivity contribution in [1.82, 2.24) is 10.2 Å². The van der Waals surface area contributed by atoms with E-state index < -0.39 is 6.09 Å². The summed E-state index contributed by atoms with van der Waals surface area (Å²) in [5.74, 6) is -0.0899. The Morgan fingerprint density at radius 2 is 2.20 bits per heavy atom. The average Bonchev–Trinajstić information content (AvgIpc) is 2.63. The number of hydrogen-bond acceptors (Lipinski definition) is 3. The van der Waals surface area contributed by atoms with E-state index in [2.05, 4.69) is 10.1 Å². The van der Waals surface area contributed by atoms with Gasteiger partial charge in [-0.25, -0.2) is 4.79 Å². The van der Waals surface area contributed by atoms with Crippen molar-refractivity contribution in [2.75, 3.05) is 13.7 Å². The molecule has 0 radical (unpaired) electrons. The number of hydrogen-bond donors (Lipinski definition) is 1. The van der Waals surface area contributed by atoms with E-state index in [9.17, 15) is 9.59 Å². The van der Waals surface area contributed by atoms with Gasteiger partial charge in [-0.1, -0.05) is 0 Å². The average molecular weight is 216 g/mol. The predicted molar refractivity (Wildman–Crippen MR) is 57.5 cm³/mol. The van der Waals surface area contributed by atoms with Gasteiger partial charge in [0.25, 0.3) is 0 Å². The first-order chi connectivity index (χ1) is 7.06. The smallest absolute Gasteiger partial charge is 0.410 e. The van der Waals surface area contributed by atoms with Gasteiger partial charge in [-0.3, -0.25) is 9.69 Å². The number of carbonyl (C=O) groups is 2. The van der Waals surface area contributed by atoms with Crippen molar-refractivity contribution in [2.24, 2.45) is 0 Å². The molecule has 1 unspecified atom stereocenters. The Hall–Kier alpha value is -1.26. The van der Waals surface area contributed by atoms with E-state index in [1.165, 1.54) is 12.0 Å². The second kappa shape index (κ2) is 5.00. The standard InChI is InChI=1S/C10H18N2O3.H2/c1-7(2)11-9(13)8-5-4-6-12(8)10(14)15-3;/h7-8H,4-6H2,1-3H3,(H,11,13);1H. The highest BCUT2D eigenvalue weighted by molar-refractivity contribution is 5.86. The first-order valence-electron chi connectivity index (χ1n) is 5.21. The number of nitrogens with zero attached hydrogens (tertiary/aromatic N) is 1. The number of ether oxygens (including phenoxy) is 1. The molecular formula is C10H20N2O3. The first kappa shape index (κ1) is 11.8. The summed E-state index contributed by atoms with van der Waals surface area (Å²) in [7, 11) is 1.33. The van der Waals surface area contributed by atoms with Crippen LogP contribution in [0.3, 0.4) is 0 Å². The van der Waals surface area contributed by atoms with Crippen molar-refractivity contribution in [2.45, 2.75) is 38.8 Å². The number of likely N-dealkylation sites (tertiary alicyclic amines) is 1. The zero-order valence-electron chi connectivity index (χ0n) is 9.45. The Morgan fingerprint density at radius 1 is 1.53 bits per heavy atom. The summed E-state index contributed by atoms with van der Waals surface area (Å²) in [4.78, 5) is 24.5. The molecule has 0 aliphatic carbocycles. The SMILES string of the molecule is COC(=O)N1CCCC1C(=O)NC(C)C.[HH]. The van der Waals surface area contributed by atoms with E-state index in [4.69, 9.17) is 0 Å². The molecular weight excluding hydrogens is 196 g/mol. The largest absolute Gasteiger partial charge is 0.453 e. The van der Waals surface area contributed by atoms with Crippen LogP contribution in [0, 0.1) is 0 Å². The Balaban J connectivity index is 0.00000225. The zero-order valence-corrected chi connectivity index (χ0v) is 9.45. The molecule has 1 heterocycles. The van der Waals surface area contributed by atoms with Crippen molar-refractivity contribution in [3.63, 3.8) is 0 Å². The van der Waals surface area contributed by atoms with Gasteiger partial charge in [-0.05, 0) is 26.7 Å². The summed E-state index contributed by atoms with van der Waals surface area (Å²) >= 11 is 0. The van der Waals surface area contributed by atoms with Gasteiger partial charge < -0.3 is 10.1 Å². The molecule has 0 bridgehead atoms. The number of amides is 2. The van der Waals surface area contributed by atoms with E-state index in [1.54, 1.807) is 0 Å². The van der Waals surface area contributed by atoms with E-state index in [1.807, 2.05) is 13.8 Å². The summed E-state index contributed by atoms with van der Waals surface area (Å²) < 4.78 is 4.63. The molecule has 0 spiro atoms. The second-order valence-corrected chi connectivity index (χ2v) is 3.98. The molecule has 1 saturated heterocycles. The molecule has 0 aromatic heterocycles. The maximum Gasteiger partial charge on any atom is 0.410 e. The molecule has 5 heteroatoms. The summed E-state index contributed by atoms with van der Waals surface area (Å²) in [5.41, 5.74) is 0. The van der Waals surface area contributed by atoms with Crippen molar-refractivity contribution >= 4 is 12.0 Å². The molecule has 15 heavy (non-hydrogen) atoms. The lowest BCUT2D eigenvalue weighted by Crippen LogP contribution is -2.47. The van der Waals surface area contributed by atoms with E-state index in [-0.39, 0.29) is 19.4 Å². The van der Waals surface area contributed by atoms with Crippen LogP contribution in [-0.4, -0.2) is 42.6 Å². The fourth-order valence-electron chi connectivity index (χ4n) is 1.76. The van der Waals surface area contributed by atoms with E-state index >= 15 is 0 Å². The van der Waals surface area contributed by atoms with Crippen molar-refractivity contribution in [3.05, 3.63) is 0 Å². The minimum absolute atomic E-state index is 0. The van der Waals surface area contributed by atoms with Crippen LogP contribution < -0.4 is 5.32 Å². The third-order valence-electron chi connectivity index (χ3n) is 2.40. The second-order valence-electron chi connectivity index (χ2n) is 3.98. The molecule has 1 N–H and O–H groups in total. The molecule has 1 rings (SSSR count). The van der Waals surface area contributed by atoms with Gasteiger partial charge in [0.15, 0.2) is 0 Å². The van der Waals surface area contributed by atoms with Crippen LogP contribution >= 0.6 is 0 Å². The highest BCUT2D eigenvalue weighted by atomic mass is 16.5. The lowest BCUT2D eigenvalue weighted by Gasteiger charge is -2.23. The monoisotopic (exact) mass is 216 g/mol. The van der Waals surface area contributed by atoms with Gasteiger partial charge in [-0.2, -0.15) is 0 Å². The molecule has 1 fully saturated rings. The quantitative estimate of drug-likeness (QED) is 0.748. The molecule has 5 nitrogen and oxygen atoms in total. The van der Waals surface area contributed by atoms with Crippen LogP contribution in [0.15, 0.2) is 0 Å². The Bertz CT molecular complexity index is 258. The summed E-state index contributed by atoms with van der Waals surface area (Å²) in [6, 6.07) is -0.266. The molecule has 1 aliphatic rings. The molecule has 1 aliphatic heterocycles. The topological polar surface area (TPSA) is 58.6 Å². The van der Waals surface area contributed by atoms with Crippen molar-refractivity contribution in [3.8, 4) is 0 Å². The highest BCUT2D eigenvalue weighted by Gasteiger charge is 2.34. The van der Waals surface area contributed by atoms with Crippen LogP contribution in [0.4, 0.5) is 4.79 Å². The van der Waals surface area contributed by atoms with Crippen molar-refractivity contribution < 1.29 is 15.8 Å². The van der Waals surface area contributed by atoms with Crippen LogP contribution in [0.5, 0.6) is 0 Å². The summed E-state index contributed by atoms with van der Waals surface area (Å²) in [6.45, 7) is 4.40. The highest BCUT2D eigenvalue weighted by Crippen LogP contribution is 2.18. The maximum atomic E-state index is 11.7. The Morgan fingerprint density at radius 3 is 2.73 bits per heavy atom. The van der Waals surface area contributed by atoms with Gasteiger partial charge in [-0.15, -0.1) is 0 Å². The fourth-order valence-corrected chi connectivity index (χ4v) is 1.76. The minimum atomic E-state index is -0.420. The molecule has 1 atom stereocenters. The summed E-state index contributed by atoms with van der Waals surface area (Å²) in [5, 5.41) is 2.81. The Labute approximate surface area is 91.2 Å². The van der Waals surface area contributed by atoms with Crippen LogP contribution in [0.2, 0.25) is 0 Å². The minimum Gasteiger partial charge on any atom is -0.453 e. The van der Waals surface area contributed by atoms with Gasteiger partial charge in [0.05, 0.1) is 7.11 Å². The predicted octanol–water partition coefficient (Wildman–Crippen LogP) is 0.988. The third kappa shape index (κ3) is 2.84. The van der Waals surface area contributed by atoms with Gasteiger partial charge in [0.2, 0.25) is 5.91 Å². The van der Waals surface area contributed by atoms with Crippen molar-refractivity contribution in [1.29, 1.82) is 0 Å². The molecule has 2 amide bonds. The number of rotatable bonds is 2. The molecule has 0 saturated carbocycles. The third-order valence-corrected chi connectivity index (χ3v) is 2.40. The number of nitrogens with one attached hydrogen (secondary N) is 1. The maximum absolute atomic E-state index is 11.7. The van der Waals surface area contributed by atoms with E-state index in [0.29, 0.717) is 13.0 Å². The zero-order chi connectivity index (χ0) is 11.4. The van der Waals surface area contributed by atoms with Gasteiger partial charge in [0.1, 0.15) is 6.04 Å². The van der Waals surface area contributed by atoms with Crippen LogP contribution in [0.25, 0.3) is 0 Å². The lowest BCUT2D eigenvalue weighted by molar-refractivity contribution is -0.125. The lowest BCUT2D eigenvalue weighted by atomic mass is 10.2. The van der Waals surface area contributed by atoms with Gasteiger partial charge >= 0.3 is 6.09 Å². The van der Waals surface area contributed by atoms with Crippen LogP contribution in [0.1, 0.15) is 28.1 Å². The normalized spacial score (nSPS) is 20.5. The molecule has 88 valence electrons.